The summed E-state index contributed by atoms with van der Waals surface area (Å²) in [5, 5.41) is 0. The largest absolute Gasteiger partial charge is 0.345 e. The normalized spacial score (nSPS) is 10.4. The maximum atomic E-state index is 12.7. The van der Waals surface area contributed by atoms with Gasteiger partial charge in [-0.1, -0.05) is 30.3 Å². The molecule has 0 heterocycles. The van der Waals surface area contributed by atoms with Gasteiger partial charge in [0.2, 0.25) is 0 Å². The third-order valence-electron chi connectivity index (χ3n) is 3.98. The van der Waals surface area contributed by atoms with Crippen LogP contribution in [0.25, 0.3) is 0 Å². The minimum atomic E-state index is -0.0816. The summed E-state index contributed by atoms with van der Waals surface area (Å²) in [4.78, 5) is 28.0. The van der Waals surface area contributed by atoms with Gasteiger partial charge < -0.3 is 15.5 Å². The molecule has 5 heteroatoms. The highest BCUT2D eigenvalue weighted by Gasteiger charge is 2.16. The smallest absolute Gasteiger partial charge is 0.253 e. The van der Waals surface area contributed by atoms with Crippen molar-refractivity contribution in [3.05, 3.63) is 71.3 Å². The first kappa shape index (κ1) is 18.7. The van der Waals surface area contributed by atoms with Gasteiger partial charge in [-0.15, -0.1) is 0 Å². The van der Waals surface area contributed by atoms with E-state index < -0.39 is 0 Å². The molecule has 0 aliphatic rings. The Hall–Kier alpha value is -2.66. The average molecular weight is 339 g/mol. The first-order valence-electron chi connectivity index (χ1n) is 8.38. The summed E-state index contributed by atoms with van der Waals surface area (Å²) < 4.78 is 0. The van der Waals surface area contributed by atoms with Gasteiger partial charge in [0.25, 0.3) is 11.8 Å². The topological polar surface area (TPSA) is 66.6 Å². The molecule has 0 aliphatic heterocycles. The highest BCUT2D eigenvalue weighted by atomic mass is 16.2. The zero-order valence-electron chi connectivity index (χ0n) is 14.8. The number of carbonyl (C=O) groups excluding carboxylic acids is 2. The van der Waals surface area contributed by atoms with Crippen LogP contribution < -0.4 is 5.73 Å². The van der Waals surface area contributed by atoms with Gasteiger partial charge in [0.05, 0.1) is 0 Å². The summed E-state index contributed by atoms with van der Waals surface area (Å²) in [6.45, 7) is 1.53. The van der Waals surface area contributed by atoms with Crippen molar-refractivity contribution in [3.63, 3.8) is 0 Å². The summed E-state index contributed by atoms with van der Waals surface area (Å²) in [6, 6.07) is 16.8. The van der Waals surface area contributed by atoms with Crippen LogP contribution >= 0.6 is 0 Å². The third-order valence-corrected chi connectivity index (χ3v) is 3.98. The molecular weight excluding hydrogens is 314 g/mol. The number of rotatable bonds is 7. The molecule has 25 heavy (non-hydrogen) atoms. The van der Waals surface area contributed by atoms with Gasteiger partial charge in [-0.05, 0) is 36.2 Å². The van der Waals surface area contributed by atoms with E-state index >= 15 is 0 Å². The van der Waals surface area contributed by atoms with Crippen LogP contribution in [0.1, 0.15) is 26.3 Å². The maximum absolute atomic E-state index is 12.7. The Labute approximate surface area is 149 Å². The van der Waals surface area contributed by atoms with Crippen LogP contribution in [-0.2, 0) is 6.42 Å². The number of hydrogen-bond acceptors (Lipinski definition) is 3. The monoisotopic (exact) mass is 339 g/mol. The second kappa shape index (κ2) is 8.99. The molecule has 0 bridgehead atoms. The van der Waals surface area contributed by atoms with Crippen molar-refractivity contribution in [2.75, 3.05) is 33.7 Å². The highest BCUT2D eigenvalue weighted by molar-refractivity contribution is 5.97. The quantitative estimate of drug-likeness (QED) is 0.839. The minimum Gasteiger partial charge on any atom is -0.345 e. The summed E-state index contributed by atoms with van der Waals surface area (Å²) in [6.07, 6.45) is 0.782. The van der Waals surface area contributed by atoms with Gasteiger partial charge in [0, 0.05) is 44.9 Å². The van der Waals surface area contributed by atoms with Crippen molar-refractivity contribution < 1.29 is 9.59 Å². The first-order chi connectivity index (χ1) is 12.0. The minimum absolute atomic E-state index is 0.0646. The molecule has 0 fully saturated rings. The van der Waals surface area contributed by atoms with Crippen molar-refractivity contribution in [2.45, 2.75) is 6.42 Å². The molecule has 0 spiro atoms. The van der Waals surface area contributed by atoms with E-state index in [4.69, 9.17) is 5.73 Å². The number of amides is 2. The van der Waals surface area contributed by atoms with Gasteiger partial charge in [-0.3, -0.25) is 9.59 Å². The van der Waals surface area contributed by atoms with E-state index in [1.165, 1.54) is 10.5 Å². The van der Waals surface area contributed by atoms with Crippen LogP contribution in [-0.4, -0.2) is 55.3 Å². The molecular formula is C20H25N3O2. The first-order valence-corrected chi connectivity index (χ1v) is 8.38. The Kier molecular flexibility index (Phi) is 6.71. The van der Waals surface area contributed by atoms with E-state index in [0.717, 1.165) is 6.42 Å². The maximum Gasteiger partial charge on any atom is 0.253 e. The van der Waals surface area contributed by atoms with Crippen molar-refractivity contribution >= 4 is 11.8 Å². The molecule has 0 aromatic heterocycles. The summed E-state index contributed by atoms with van der Waals surface area (Å²) in [7, 11) is 3.40. The fourth-order valence-corrected chi connectivity index (χ4v) is 2.58. The fourth-order valence-electron chi connectivity index (χ4n) is 2.58. The third kappa shape index (κ3) is 5.16. The second-order valence-corrected chi connectivity index (χ2v) is 6.09. The lowest BCUT2D eigenvalue weighted by Gasteiger charge is -2.22. The molecule has 0 saturated carbocycles. The van der Waals surface area contributed by atoms with Crippen LogP contribution in [0, 0.1) is 0 Å². The molecule has 0 aliphatic carbocycles. The van der Waals surface area contributed by atoms with Crippen LogP contribution in [0.3, 0.4) is 0 Å². The number of nitrogens with two attached hydrogens (primary N) is 1. The SMILES string of the molecule is CN(C)C(=O)c1ccc(C(=O)N(CCN)CCc2ccccc2)cc1. The van der Waals surface area contributed by atoms with Gasteiger partial charge in [-0.25, -0.2) is 0 Å². The Morgan fingerprint density at radius 3 is 1.92 bits per heavy atom. The Morgan fingerprint density at radius 1 is 0.840 bits per heavy atom. The summed E-state index contributed by atoms with van der Waals surface area (Å²) in [5.74, 6) is -0.146. The molecule has 2 amide bonds. The van der Waals surface area contributed by atoms with Crippen molar-refractivity contribution in [1.29, 1.82) is 0 Å². The van der Waals surface area contributed by atoms with Gasteiger partial charge >= 0.3 is 0 Å². The second-order valence-electron chi connectivity index (χ2n) is 6.09. The predicted octanol–water partition coefficient (Wildman–Crippen LogP) is 2.03. The number of hydrogen-bond donors (Lipinski definition) is 1. The molecule has 132 valence electrons. The molecule has 2 aromatic rings. The van der Waals surface area contributed by atoms with Gasteiger partial charge in [-0.2, -0.15) is 0 Å². The predicted molar refractivity (Wildman–Crippen MR) is 99.6 cm³/mol. The molecule has 5 nitrogen and oxygen atoms in total. The van der Waals surface area contributed by atoms with E-state index in [0.29, 0.717) is 30.8 Å². The van der Waals surface area contributed by atoms with Crippen LogP contribution in [0.4, 0.5) is 0 Å². The number of nitrogens with zero attached hydrogens (tertiary/aromatic N) is 2. The van der Waals surface area contributed by atoms with Gasteiger partial charge in [0.1, 0.15) is 0 Å². The molecule has 0 unspecified atom stereocenters. The van der Waals surface area contributed by atoms with Crippen molar-refractivity contribution in [2.24, 2.45) is 5.73 Å². The highest BCUT2D eigenvalue weighted by Crippen LogP contribution is 2.10. The molecule has 0 saturated heterocycles. The zero-order chi connectivity index (χ0) is 18.2. The molecule has 2 rings (SSSR count). The molecule has 0 radical (unpaired) electrons. The van der Waals surface area contributed by atoms with Crippen LogP contribution in [0.15, 0.2) is 54.6 Å². The number of benzene rings is 2. The van der Waals surface area contributed by atoms with E-state index in [2.05, 4.69) is 0 Å². The van der Waals surface area contributed by atoms with Crippen LogP contribution in [0.5, 0.6) is 0 Å². The Bertz CT molecular complexity index is 697. The van der Waals surface area contributed by atoms with E-state index in [9.17, 15) is 9.59 Å². The lowest BCUT2D eigenvalue weighted by atomic mass is 10.1. The van der Waals surface area contributed by atoms with Crippen molar-refractivity contribution in [1.82, 2.24) is 9.80 Å². The van der Waals surface area contributed by atoms with Crippen molar-refractivity contribution in [3.8, 4) is 0 Å². The fraction of sp³-hybridized carbons (Fsp3) is 0.300. The zero-order valence-corrected chi connectivity index (χ0v) is 14.8. The average Bonchev–Trinajstić information content (AvgIpc) is 2.65. The summed E-state index contributed by atoms with van der Waals surface area (Å²) in [5.41, 5.74) is 7.98. The standard InChI is InChI=1S/C20H25N3O2/c1-22(2)19(24)17-8-10-18(11-9-17)20(25)23(15-13-21)14-12-16-6-4-3-5-7-16/h3-11H,12-15,21H2,1-2H3. The van der Waals surface area contributed by atoms with E-state index in [1.54, 1.807) is 43.3 Å². The lowest BCUT2D eigenvalue weighted by Crippen LogP contribution is -2.37. The summed E-state index contributed by atoms with van der Waals surface area (Å²) >= 11 is 0. The Morgan fingerprint density at radius 2 is 1.40 bits per heavy atom. The Balaban J connectivity index is 2.07. The van der Waals surface area contributed by atoms with E-state index in [-0.39, 0.29) is 11.8 Å². The molecule has 2 N–H and O–H groups in total. The molecule has 2 aromatic carbocycles. The lowest BCUT2D eigenvalue weighted by molar-refractivity contribution is 0.0760. The van der Waals surface area contributed by atoms with E-state index in [1.807, 2.05) is 30.3 Å². The molecule has 0 atom stereocenters. The number of carbonyl (C=O) groups is 2. The van der Waals surface area contributed by atoms with Gasteiger partial charge in [0.15, 0.2) is 0 Å². The van der Waals surface area contributed by atoms with Crippen LogP contribution in [0.2, 0.25) is 0 Å².